The van der Waals surface area contributed by atoms with Crippen LogP contribution >= 0.6 is 15.9 Å². The van der Waals surface area contributed by atoms with E-state index in [0.29, 0.717) is 10.4 Å². The Balaban J connectivity index is 3.07. The molecule has 0 aliphatic rings. The van der Waals surface area contributed by atoms with Crippen LogP contribution in [0.5, 0.6) is 0 Å². The number of imidazole rings is 1. The SMILES string of the molecule is Cc1c(C(=O)OC(C)C)nc(Br)n1C(C)C. The van der Waals surface area contributed by atoms with E-state index in [-0.39, 0.29) is 18.1 Å². The molecule has 0 unspecified atom stereocenters. The van der Waals surface area contributed by atoms with Crippen molar-refractivity contribution in [3.8, 4) is 0 Å². The van der Waals surface area contributed by atoms with Crippen LogP contribution in [0.25, 0.3) is 0 Å². The molecule has 1 rings (SSSR count). The summed E-state index contributed by atoms with van der Waals surface area (Å²) in [6, 6.07) is 0.252. The Kier molecular flexibility index (Phi) is 4.13. The summed E-state index contributed by atoms with van der Waals surface area (Å²) in [6.07, 6.45) is -0.130. The van der Waals surface area contributed by atoms with Crippen molar-refractivity contribution in [2.45, 2.75) is 46.8 Å². The van der Waals surface area contributed by atoms with Crippen LogP contribution in [-0.2, 0) is 4.74 Å². The number of carbonyl (C=O) groups excluding carboxylic acids is 1. The molecule has 4 nitrogen and oxygen atoms in total. The normalized spacial score (nSPS) is 11.2. The van der Waals surface area contributed by atoms with Gasteiger partial charge in [-0.15, -0.1) is 0 Å². The van der Waals surface area contributed by atoms with E-state index in [1.54, 1.807) is 0 Å². The van der Waals surface area contributed by atoms with E-state index in [1.165, 1.54) is 0 Å². The maximum Gasteiger partial charge on any atom is 0.359 e. The second-order valence-corrected chi connectivity index (χ2v) is 4.94. The lowest BCUT2D eigenvalue weighted by Gasteiger charge is -2.11. The van der Waals surface area contributed by atoms with E-state index in [9.17, 15) is 4.79 Å². The van der Waals surface area contributed by atoms with Crippen molar-refractivity contribution >= 4 is 21.9 Å². The molecule has 0 atom stereocenters. The zero-order valence-corrected chi connectivity index (χ0v) is 11.8. The minimum absolute atomic E-state index is 0.130. The van der Waals surface area contributed by atoms with Crippen LogP contribution < -0.4 is 0 Å². The zero-order chi connectivity index (χ0) is 12.5. The number of halogens is 1. The Morgan fingerprint density at radius 1 is 1.38 bits per heavy atom. The third-order valence-electron chi connectivity index (χ3n) is 2.16. The number of hydrogen-bond acceptors (Lipinski definition) is 3. The van der Waals surface area contributed by atoms with Crippen LogP contribution in [-0.4, -0.2) is 21.6 Å². The number of ether oxygens (including phenoxy) is 1. The fraction of sp³-hybridized carbons (Fsp3) is 0.636. The Morgan fingerprint density at radius 3 is 2.31 bits per heavy atom. The molecule has 0 spiro atoms. The Labute approximate surface area is 104 Å². The number of rotatable bonds is 3. The van der Waals surface area contributed by atoms with Gasteiger partial charge in [0.15, 0.2) is 10.4 Å². The van der Waals surface area contributed by atoms with Gasteiger partial charge in [-0.3, -0.25) is 0 Å². The molecule has 1 heterocycles. The van der Waals surface area contributed by atoms with Crippen molar-refractivity contribution in [2.24, 2.45) is 0 Å². The first-order chi connectivity index (χ1) is 7.34. The van der Waals surface area contributed by atoms with Crippen LogP contribution in [0.3, 0.4) is 0 Å². The van der Waals surface area contributed by atoms with Gasteiger partial charge in [0.05, 0.1) is 11.8 Å². The monoisotopic (exact) mass is 288 g/mol. The summed E-state index contributed by atoms with van der Waals surface area (Å²) in [7, 11) is 0. The number of nitrogens with zero attached hydrogens (tertiary/aromatic N) is 2. The Morgan fingerprint density at radius 2 is 1.94 bits per heavy atom. The molecule has 0 radical (unpaired) electrons. The molecule has 16 heavy (non-hydrogen) atoms. The topological polar surface area (TPSA) is 44.1 Å². The van der Waals surface area contributed by atoms with Crippen molar-refractivity contribution in [1.82, 2.24) is 9.55 Å². The summed E-state index contributed by atoms with van der Waals surface area (Å²) in [5, 5.41) is 0. The fourth-order valence-corrected chi connectivity index (χ4v) is 2.40. The summed E-state index contributed by atoms with van der Waals surface area (Å²) in [5.41, 5.74) is 1.21. The molecule has 0 saturated heterocycles. The van der Waals surface area contributed by atoms with Crippen molar-refractivity contribution in [1.29, 1.82) is 0 Å². The van der Waals surface area contributed by atoms with Gasteiger partial charge >= 0.3 is 5.97 Å². The quantitative estimate of drug-likeness (QED) is 0.803. The van der Waals surface area contributed by atoms with Crippen LogP contribution in [0.4, 0.5) is 0 Å². The lowest BCUT2D eigenvalue weighted by molar-refractivity contribution is 0.0370. The van der Waals surface area contributed by atoms with E-state index in [1.807, 2.05) is 39.2 Å². The van der Waals surface area contributed by atoms with Gasteiger partial charge in [0.25, 0.3) is 0 Å². The van der Waals surface area contributed by atoms with Crippen LogP contribution in [0.2, 0.25) is 0 Å². The summed E-state index contributed by atoms with van der Waals surface area (Å²) in [5.74, 6) is -0.368. The highest BCUT2D eigenvalue weighted by molar-refractivity contribution is 9.10. The highest BCUT2D eigenvalue weighted by atomic mass is 79.9. The summed E-state index contributed by atoms with van der Waals surface area (Å²) in [4.78, 5) is 15.9. The number of esters is 1. The number of carbonyl (C=O) groups is 1. The largest absolute Gasteiger partial charge is 0.458 e. The van der Waals surface area contributed by atoms with Gasteiger partial charge < -0.3 is 9.30 Å². The maximum absolute atomic E-state index is 11.7. The first-order valence-electron chi connectivity index (χ1n) is 5.29. The second-order valence-electron chi connectivity index (χ2n) is 4.23. The van der Waals surface area contributed by atoms with Crippen molar-refractivity contribution in [3.63, 3.8) is 0 Å². The van der Waals surface area contributed by atoms with Crippen molar-refractivity contribution < 1.29 is 9.53 Å². The minimum Gasteiger partial charge on any atom is -0.458 e. The number of aromatic nitrogens is 2. The van der Waals surface area contributed by atoms with E-state index >= 15 is 0 Å². The van der Waals surface area contributed by atoms with Gasteiger partial charge in [0.2, 0.25) is 0 Å². The van der Waals surface area contributed by atoms with Crippen LogP contribution in [0.15, 0.2) is 4.73 Å². The smallest absolute Gasteiger partial charge is 0.359 e. The molecule has 0 aromatic carbocycles. The molecule has 0 aliphatic carbocycles. The first-order valence-corrected chi connectivity index (χ1v) is 6.09. The molecule has 0 saturated carbocycles. The highest BCUT2D eigenvalue weighted by Gasteiger charge is 2.21. The third-order valence-corrected chi connectivity index (χ3v) is 2.72. The van der Waals surface area contributed by atoms with Crippen molar-refractivity contribution in [2.75, 3.05) is 0 Å². The highest BCUT2D eigenvalue weighted by Crippen LogP contribution is 2.22. The van der Waals surface area contributed by atoms with Gasteiger partial charge in [0.1, 0.15) is 0 Å². The molecule has 0 aliphatic heterocycles. The standard InChI is InChI=1S/C11H17BrN2O2/c1-6(2)14-8(5)9(13-11(14)12)10(15)16-7(3)4/h6-7H,1-5H3. The van der Waals surface area contributed by atoms with Gasteiger partial charge in [-0.2, -0.15) is 0 Å². The molecule has 90 valence electrons. The van der Waals surface area contributed by atoms with Gasteiger partial charge in [-0.05, 0) is 50.5 Å². The molecular weight excluding hydrogens is 272 g/mol. The first kappa shape index (κ1) is 13.2. The number of hydrogen-bond donors (Lipinski definition) is 0. The average Bonchev–Trinajstić information content (AvgIpc) is 2.40. The van der Waals surface area contributed by atoms with Gasteiger partial charge in [-0.25, -0.2) is 9.78 Å². The van der Waals surface area contributed by atoms with Gasteiger partial charge in [0, 0.05) is 6.04 Å². The average molecular weight is 289 g/mol. The van der Waals surface area contributed by atoms with Crippen molar-refractivity contribution in [3.05, 3.63) is 16.1 Å². The second kappa shape index (κ2) is 4.99. The van der Waals surface area contributed by atoms with E-state index < -0.39 is 0 Å². The predicted molar refractivity (Wildman–Crippen MR) is 65.6 cm³/mol. The zero-order valence-electron chi connectivity index (χ0n) is 10.2. The van der Waals surface area contributed by atoms with Crippen LogP contribution in [0, 0.1) is 6.92 Å². The fourth-order valence-electron chi connectivity index (χ4n) is 1.54. The minimum atomic E-state index is -0.368. The molecule has 0 amide bonds. The van der Waals surface area contributed by atoms with E-state index in [4.69, 9.17) is 4.74 Å². The van der Waals surface area contributed by atoms with Crippen LogP contribution in [0.1, 0.15) is 49.9 Å². The van der Waals surface area contributed by atoms with E-state index in [2.05, 4.69) is 20.9 Å². The van der Waals surface area contributed by atoms with E-state index in [0.717, 1.165) is 5.69 Å². The summed E-state index contributed by atoms with van der Waals surface area (Å²) < 4.78 is 7.75. The molecule has 1 aromatic rings. The molecule has 0 fully saturated rings. The molecular formula is C11H17BrN2O2. The predicted octanol–water partition coefficient (Wildman–Crippen LogP) is 3.10. The van der Waals surface area contributed by atoms with Gasteiger partial charge in [-0.1, -0.05) is 0 Å². The summed E-state index contributed by atoms with van der Waals surface area (Å²) >= 11 is 3.35. The molecule has 0 bridgehead atoms. The molecule has 5 heteroatoms. The lowest BCUT2D eigenvalue weighted by atomic mass is 10.3. The Hall–Kier alpha value is -0.840. The Bertz CT molecular complexity index is 397. The summed E-state index contributed by atoms with van der Waals surface area (Å²) in [6.45, 7) is 9.59. The molecule has 0 N–H and O–H groups in total. The third kappa shape index (κ3) is 2.64. The molecule has 1 aromatic heterocycles. The maximum atomic E-state index is 11.7. The lowest BCUT2D eigenvalue weighted by Crippen LogP contribution is -2.13.